The van der Waals surface area contributed by atoms with E-state index in [0.29, 0.717) is 34.4 Å². The van der Waals surface area contributed by atoms with E-state index in [9.17, 15) is 4.79 Å². The number of carbonyl (C=O) groups excluding carboxylic acids is 1. The van der Waals surface area contributed by atoms with Gasteiger partial charge < -0.3 is 21.7 Å². The third-order valence-corrected chi connectivity index (χ3v) is 6.57. The Morgan fingerprint density at radius 3 is 2.63 bits per heavy atom. The summed E-state index contributed by atoms with van der Waals surface area (Å²) in [5.41, 5.74) is 9.34. The van der Waals surface area contributed by atoms with Crippen LogP contribution in [0.15, 0.2) is 48.9 Å². The summed E-state index contributed by atoms with van der Waals surface area (Å²) in [5.74, 6) is 1.02. The number of nitrogens with zero attached hydrogens (tertiary/aromatic N) is 5. The summed E-state index contributed by atoms with van der Waals surface area (Å²) >= 11 is 2.11. The summed E-state index contributed by atoms with van der Waals surface area (Å²) in [4.78, 5) is 26.3. The van der Waals surface area contributed by atoms with Crippen LogP contribution >= 0.6 is 22.6 Å². The molecule has 4 aromatic heterocycles. The molecule has 1 amide bonds. The van der Waals surface area contributed by atoms with Gasteiger partial charge in [0.25, 0.3) is 5.91 Å². The lowest BCUT2D eigenvalue weighted by Crippen LogP contribution is -2.33. The minimum atomic E-state index is -0.313. The molecule has 0 radical (unpaired) electrons. The molecular formula is C24H26IN9O. The number of carbonyl (C=O) groups is 1. The molecule has 10 nitrogen and oxygen atoms in total. The van der Waals surface area contributed by atoms with Gasteiger partial charge in [0, 0.05) is 36.2 Å². The maximum Gasteiger partial charge on any atom is 0.276 e. The highest BCUT2D eigenvalue weighted by molar-refractivity contribution is 14.1. The normalized spacial score (nSPS) is 17.8. The van der Waals surface area contributed by atoms with E-state index in [4.69, 9.17) is 10.8 Å². The number of rotatable bonds is 6. The van der Waals surface area contributed by atoms with Gasteiger partial charge in [-0.25, -0.2) is 14.5 Å². The maximum absolute atomic E-state index is 13.1. The molecule has 1 saturated carbocycles. The first-order valence-electron chi connectivity index (χ1n) is 11.5. The Kier molecular flexibility index (Phi) is 6.77. The number of halogens is 1. The quantitative estimate of drug-likeness (QED) is 0.197. The number of imidazole rings is 1. The van der Waals surface area contributed by atoms with Gasteiger partial charge in [0.05, 0.1) is 11.9 Å². The Morgan fingerprint density at radius 1 is 1.06 bits per heavy atom. The van der Waals surface area contributed by atoms with Crippen molar-refractivity contribution in [1.29, 1.82) is 0 Å². The number of fused-ring (bicyclic) bond motifs is 1. The third-order valence-electron chi connectivity index (χ3n) is 5.98. The second-order valence-corrected chi connectivity index (χ2v) is 9.85. The fraction of sp³-hybridized carbons (Fsp3) is 0.292. The van der Waals surface area contributed by atoms with E-state index in [-0.39, 0.29) is 18.0 Å². The minimum absolute atomic E-state index is 0.258. The van der Waals surface area contributed by atoms with Gasteiger partial charge in [0.15, 0.2) is 11.3 Å². The van der Waals surface area contributed by atoms with E-state index in [1.807, 2.05) is 25.1 Å². The van der Waals surface area contributed by atoms with Crippen LogP contribution in [0, 0.1) is 10.6 Å². The summed E-state index contributed by atoms with van der Waals surface area (Å²) in [6.45, 7) is 1.99. The molecule has 0 aromatic carbocycles. The van der Waals surface area contributed by atoms with Gasteiger partial charge in [0.1, 0.15) is 15.3 Å². The lowest BCUT2D eigenvalue weighted by atomic mass is 9.92. The highest BCUT2D eigenvalue weighted by Crippen LogP contribution is 2.26. The third kappa shape index (κ3) is 5.51. The average Bonchev–Trinajstić information content (AvgIpc) is 3.26. The second-order valence-electron chi connectivity index (χ2n) is 8.75. The number of hydrogen-bond acceptors (Lipinski definition) is 8. The first-order valence-corrected chi connectivity index (χ1v) is 12.6. The predicted octanol–water partition coefficient (Wildman–Crippen LogP) is 4.11. The fourth-order valence-electron chi connectivity index (χ4n) is 4.11. The summed E-state index contributed by atoms with van der Waals surface area (Å²) in [6.07, 6.45) is 8.87. The van der Waals surface area contributed by atoms with Gasteiger partial charge in [-0.3, -0.25) is 9.78 Å². The highest BCUT2D eigenvalue weighted by atomic mass is 127. The Morgan fingerprint density at radius 2 is 1.89 bits per heavy atom. The van der Waals surface area contributed by atoms with Crippen LogP contribution in [0.3, 0.4) is 0 Å². The van der Waals surface area contributed by atoms with Crippen molar-refractivity contribution in [2.75, 3.05) is 16.0 Å². The molecule has 11 heteroatoms. The van der Waals surface area contributed by atoms with Gasteiger partial charge >= 0.3 is 0 Å². The van der Waals surface area contributed by atoms with E-state index in [0.717, 1.165) is 34.9 Å². The SMILES string of the molecule is Cc1ccc(Nc2cc(N[C@H]3CC[C@H](N)CC3)nn3c(C(=O)Nc4ccnc(I)c4)cnc23)nc1. The maximum atomic E-state index is 13.1. The van der Waals surface area contributed by atoms with Crippen molar-refractivity contribution in [2.45, 2.75) is 44.7 Å². The fourth-order valence-corrected chi connectivity index (χ4v) is 4.61. The molecule has 35 heavy (non-hydrogen) atoms. The number of anilines is 4. The molecule has 0 spiro atoms. The van der Waals surface area contributed by atoms with Crippen LogP contribution < -0.4 is 21.7 Å². The molecule has 1 aliphatic rings. The predicted molar refractivity (Wildman–Crippen MR) is 144 cm³/mol. The van der Waals surface area contributed by atoms with E-state index >= 15 is 0 Å². The number of hydrogen-bond donors (Lipinski definition) is 4. The number of aryl methyl sites for hydroxylation is 1. The Balaban J connectivity index is 1.49. The first-order chi connectivity index (χ1) is 16.9. The molecule has 180 valence electrons. The van der Waals surface area contributed by atoms with Crippen LogP contribution in [-0.2, 0) is 0 Å². The molecule has 0 bridgehead atoms. The van der Waals surface area contributed by atoms with Crippen molar-refractivity contribution in [1.82, 2.24) is 24.6 Å². The van der Waals surface area contributed by atoms with Crippen molar-refractivity contribution in [2.24, 2.45) is 5.73 Å². The zero-order chi connectivity index (χ0) is 24.4. The van der Waals surface area contributed by atoms with Gasteiger partial charge in [-0.05, 0) is 79.0 Å². The number of pyridine rings is 2. The highest BCUT2D eigenvalue weighted by Gasteiger charge is 2.21. The minimum Gasteiger partial charge on any atom is -0.366 e. The Hall–Kier alpha value is -3.32. The molecule has 0 saturated heterocycles. The molecule has 5 rings (SSSR count). The standard InChI is InChI=1S/C24H26IN9O/c1-14-2-7-21(28-12-14)32-18-11-22(30-16-5-3-15(26)4-6-16)33-34-19(13-29-23(18)34)24(35)31-17-8-9-27-20(25)10-17/h2,7-13,15-16H,3-6,26H2,1H3,(H,28,32)(H,30,33)(H,27,31,35)/t15-,16-. The molecule has 0 atom stereocenters. The van der Waals surface area contributed by atoms with Crippen molar-refractivity contribution in [3.63, 3.8) is 0 Å². The van der Waals surface area contributed by atoms with Crippen molar-refractivity contribution in [3.8, 4) is 0 Å². The van der Waals surface area contributed by atoms with Crippen LogP contribution in [0.25, 0.3) is 5.65 Å². The Bertz CT molecular complexity index is 1350. The molecule has 1 fully saturated rings. The smallest absolute Gasteiger partial charge is 0.276 e. The summed E-state index contributed by atoms with van der Waals surface area (Å²) in [6, 6.07) is 9.87. The van der Waals surface area contributed by atoms with Gasteiger partial charge in [0.2, 0.25) is 0 Å². The number of amides is 1. The number of aromatic nitrogens is 5. The van der Waals surface area contributed by atoms with Crippen LogP contribution in [0.1, 0.15) is 41.7 Å². The largest absolute Gasteiger partial charge is 0.366 e. The molecule has 4 aromatic rings. The van der Waals surface area contributed by atoms with E-state index in [2.05, 4.69) is 53.5 Å². The monoisotopic (exact) mass is 583 g/mol. The number of nitrogens with two attached hydrogens (primary N) is 1. The van der Waals surface area contributed by atoms with E-state index < -0.39 is 0 Å². The van der Waals surface area contributed by atoms with Crippen LogP contribution in [-0.4, -0.2) is 42.6 Å². The molecule has 1 aliphatic carbocycles. The molecule has 0 aliphatic heterocycles. The molecule has 0 unspecified atom stereocenters. The lowest BCUT2D eigenvalue weighted by molar-refractivity contribution is 0.102. The molecule has 4 heterocycles. The first kappa shape index (κ1) is 23.4. The van der Waals surface area contributed by atoms with E-state index in [1.54, 1.807) is 29.0 Å². The number of nitrogens with one attached hydrogen (secondary N) is 3. The zero-order valence-corrected chi connectivity index (χ0v) is 21.4. The Labute approximate surface area is 216 Å². The van der Waals surface area contributed by atoms with Crippen molar-refractivity contribution in [3.05, 3.63) is 63.9 Å². The van der Waals surface area contributed by atoms with Gasteiger partial charge in [-0.15, -0.1) is 5.10 Å². The topological polar surface area (TPSA) is 135 Å². The van der Waals surface area contributed by atoms with Crippen LogP contribution in [0.2, 0.25) is 0 Å². The van der Waals surface area contributed by atoms with E-state index in [1.165, 1.54) is 6.20 Å². The lowest BCUT2D eigenvalue weighted by Gasteiger charge is -2.27. The summed E-state index contributed by atoms with van der Waals surface area (Å²) in [5, 5.41) is 14.5. The van der Waals surface area contributed by atoms with Crippen molar-refractivity contribution >= 4 is 57.2 Å². The van der Waals surface area contributed by atoms with Gasteiger partial charge in [-0.2, -0.15) is 0 Å². The van der Waals surface area contributed by atoms with Crippen LogP contribution in [0.4, 0.5) is 23.0 Å². The summed E-state index contributed by atoms with van der Waals surface area (Å²) in [7, 11) is 0. The summed E-state index contributed by atoms with van der Waals surface area (Å²) < 4.78 is 2.35. The molecule has 5 N–H and O–H groups in total. The zero-order valence-electron chi connectivity index (χ0n) is 19.2. The van der Waals surface area contributed by atoms with Crippen molar-refractivity contribution < 1.29 is 4.79 Å². The van der Waals surface area contributed by atoms with Gasteiger partial charge in [-0.1, -0.05) is 6.07 Å². The second kappa shape index (κ2) is 10.1. The average molecular weight is 583 g/mol. The molecular weight excluding hydrogens is 557 g/mol. The van der Waals surface area contributed by atoms with Crippen LogP contribution in [0.5, 0.6) is 0 Å².